The highest BCUT2D eigenvalue weighted by atomic mass is 16.5. The number of hydrogen-bond donors (Lipinski definition) is 1. The third-order valence-corrected chi connectivity index (χ3v) is 4.06. The van der Waals surface area contributed by atoms with E-state index in [1.54, 1.807) is 19.5 Å². The Bertz CT molecular complexity index is 422. The summed E-state index contributed by atoms with van der Waals surface area (Å²) in [7, 11) is 1.62. The van der Waals surface area contributed by atoms with Crippen LogP contribution >= 0.6 is 0 Å². The molecule has 2 rings (SSSR count). The molecule has 4 nitrogen and oxygen atoms in total. The van der Waals surface area contributed by atoms with E-state index in [2.05, 4.69) is 23.7 Å². The summed E-state index contributed by atoms with van der Waals surface area (Å²) in [5, 5.41) is 10.9. The van der Waals surface area contributed by atoms with Crippen LogP contribution in [0.15, 0.2) is 18.5 Å². The first-order valence-electron chi connectivity index (χ1n) is 7.01. The molecule has 0 spiro atoms. The fourth-order valence-electron chi connectivity index (χ4n) is 2.73. The summed E-state index contributed by atoms with van der Waals surface area (Å²) in [6.45, 7) is 6.39. The van der Waals surface area contributed by atoms with Gasteiger partial charge < -0.3 is 14.7 Å². The van der Waals surface area contributed by atoms with Crippen molar-refractivity contribution >= 4 is 0 Å². The Kier molecular flexibility index (Phi) is 4.42. The van der Waals surface area contributed by atoms with Crippen molar-refractivity contribution in [3.8, 4) is 5.75 Å². The van der Waals surface area contributed by atoms with Crippen molar-refractivity contribution < 1.29 is 9.84 Å². The number of methoxy groups -OCH3 is 1. The van der Waals surface area contributed by atoms with E-state index in [1.165, 1.54) is 0 Å². The molecule has 1 saturated heterocycles. The van der Waals surface area contributed by atoms with E-state index in [1.807, 2.05) is 6.07 Å². The molecular weight excluding hydrogens is 240 g/mol. The monoisotopic (exact) mass is 264 g/mol. The van der Waals surface area contributed by atoms with E-state index < -0.39 is 5.60 Å². The molecule has 1 aromatic rings. The second-order valence-corrected chi connectivity index (χ2v) is 5.63. The van der Waals surface area contributed by atoms with Gasteiger partial charge >= 0.3 is 0 Å². The van der Waals surface area contributed by atoms with E-state index in [4.69, 9.17) is 4.74 Å². The van der Waals surface area contributed by atoms with Gasteiger partial charge in [0, 0.05) is 24.3 Å². The van der Waals surface area contributed by atoms with Crippen LogP contribution < -0.4 is 4.74 Å². The molecule has 0 radical (unpaired) electrons. The highest BCUT2D eigenvalue weighted by molar-refractivity contribution is 5.28. The Labute approximate surface area is 115 Å². The summed E-state index contributed by atoms with van der Waals surface area (Å²) in [5.74, 6) is 0.705. The van der Waals surface area contributed by atoms with Crippen molar-refractivity contribution in [2.75, 3.05) is 20.2 Å². The molecule has 2 heterocycles. The maximum Gasteiger partial charge on any atom is 0.137 e. The molecule has 1 unspecified atom stereocenters. The molecule has 19 heavy (non-hydrogen) atoms. The topological polar surface area (TPSA) is 45.6 Å². The quantitative estimate of drug-likeness (QED) is 0.909. The summed E-state index contributed by atoms with van der Waals surface area (Å²) >= 11 is 0. The van der Waals surface area contributed by atoms with Crippen molar-refractivity contribution in [3.63, 3.8) is 0 Å². The third kappa shape index (κ3) is 3.25. The van der Waals surface area contributed by atoms with Gasteiger partial charge in [0.1, 0.15) is 5.75 Å². The van der Waals surface area contributed by atoms with E-state index >= 15 is 0 Å². The predicted molar refractivity (Wildman–Crippen MR) is 75.2 cm³/mol. The standard InChI is InChI=1S/C15H24N2O2/c1-12(2)17-7-4-5-15(18,6-8-17)13-9-14(19-3)11-16-10-13/h9-12,18H,4-8H2,1-3H3. The second-order valence-electron chi connectivity index (χ2n) is 5.63. The zero-order valence-corrected chi connectivity index (χ0v) is 12.1. The number of hydrogen-bond acceptors (Lipinski definition) is 4. The number of aliphatic hydroxyl groups is 1. The minimum Gasteiger partial charge on any atom is -0.495 e. The first-order chi connectivity index (χ1) is 9.05. The first-order valence-corrected chi connectivity index (χ1v) is 7.01. The van der Waals surface area contributed by atoms with Gasteiger partial charge in [-0.1, -0.05) is 0 Å². The maximum absolute atomic E-state index is 10.9. The second kappa shape index (κ2) is 5.88. The highest BCUT2D eigenvalue weighted by Crippen LogP contribution is 2.34. The molecule has 0 saturated carbocycles. The molecule has 1 aliphatic rings. The Hall–Kier alpha value is -1.13. The van der Waals surface area contributed by atoms with Crippen LogP contribution in [-0.2, 0) is 5.60 Å². The van der Waals surface area contributed by atoms with Crippen LogP contribution in [0.2, 0.25) is 0 Å². The zero-order chi connectivity index (χ0) is 13.9. The van der Waals surface area contributed by atoms with E-state index in [9.17, 15) is 5.11 Å². The van der Waals surface area contributed by atoms with E-state index in [-0.39, 0.29) is 0 Å². The molecule has 1 aromatic heterocycles. The summed E-state index contributed by atoms with van der Waals surface area (Å²) in [4.78, 5) is 6.58. The van der Waals surface area contributed by atoms with E-state index in [0.29, 0.717) is 11.8 Å². The molecule has 0 aromatic carbocycles. The van der Waals surface area contributed by atoms with Gasteiger partial charge in [-0.25, -0.2) is 0 Å². The van der Waals surface area contributed by atoms with Gasteiger partial charge in [-0.05, 0) is 45.7 Å². The molecule has 1 N–H and O–H groups in total. The highest BCUT2D eigenvalue weighted by Gasteiger charge is 2.33. The molecule has 106 valence electrons. The molecule has 0 aliphatic carbocycles. The number of pyridine rings is 1. The van der Waals surface area contributed by atoms with Crippen LogP contribution in [0.25, 0.3) is 0 Å². The zero-order valence-electron chi connectivity index (χ0n) is 12.1. The lowest BCUT2D eigenvalue weighted by Crippen LogP contribution is -2.33. The van der Waals surface area contributed by atoms with Crippen molar-refractivity contribution in [2.45, 2.75) is 44.8 Å². The number of aromatic nitrogens is 1. The van der Waals surface area contributed by atoms with Gasteiger partial charge in [0.15, 0.2) is 0 Å². The molecule has 1 atom stereocenters. The van der Waals surface area contributed by atoms with Gasteiger partial charge in [0.2, 0.25) is 0 Å². The molecule has 0 bridgehead atoms. The molecule has 4 heteroatoms. The van der Waals surface area contributed by atoms with Gasteiger partial charge in [-0.3, -0.25) is 4.98 Å². The summed E-state index contributed by atoms with van der Waals surface area (Å²) in [5.41, 5.74) is 0.100. The smallest absolute Gasteiger partial charge is 0.137 e. The van der Waals surface area contributed by atoms with Crippen LogP contribution in [0.1, 0.15) is 38.7 Å². The predicted octanol–water partition coefficient (Wildman–Crippen LogP) is 2.17. The van der Waals surface area contributed by atoms with E-state index in [0.717, 1.165) is 37.9 Å². The number of rotatable bonds is 3. The van der Waals surface area contributed by atoms with Crippen LogP contribution in [0, 0.1) is 0 Å². The first kappa shape index (κ1) is 14.3. The minimum atomic E-state index is -0.773. The van der Waals surface area contributed by atoms with Crippen LogP contribution in [0.4, 0.5) is 0 Å². The number of likely N-dealkylation sites (tertiary alicyclic amines) is 1. The molecule has 0 amide bonds. The summed E-state index contributed by atoms with van der Waals surface area (Å²) < 4.78 is 5.20. The Morgan fingerprint density at radius 2 is 2.11 bits per heavy atom. The number of nitrogens with zero attached hydrogens (tertiary/aromatic N) is 2. The minimum absolute atomic E-state index is 0.533. The van der Waals surface area contributed by atoms with Crippen molar-refractivity contribution in [2.24, 2.45) is 0 Å². The Balaban J connectivity index is 2.17. The van der Waals surface area contributed by atoms with Crippen molar-refractivity contribution in [1.82, 2.24) is 9.88 Å². The molecular formula is C15H24N2O2. The SMILES string of the molecule is COc1cncc(C2(O)CCCN(C(C)C)CC2)c1. The van der Waals surface area contributed by atoms with Crippen LogP contribution in [0.5, 0.6) is 5.75 Å². The fourth-order valence-corrected chi connectivity index (χ4v) is 2.73. The molecule has 1 aliphatic heterocycles. The van der Waals surface area contributed by atoms with Gasteiger partial charge in [0.25, 0.3) is 0 Å². The normalized spacial score (nSPS) is 25.3. The van der Waals surface area contributed by atoms with Crippen molar-refractivity contribution in [1.29, 1.82) is 0 Å². The fraction of sp³-hybridized carbons (Fsp3) is 0.667. The Morgan fingerprint density at radius 3 is 2.79 bits per heavy atom. The Morgan fingerprint density at radius 1 is 1.32 bits per heavy atom. The summed E-state index contributed by atoms with van der Waals surface area (Å²) in [6.07, 6.45) is 5.97. The lowest BCUT2D eigenvalue weighted by molar-refractivity contribution is 0.0199. The number of ether oxygens (including phenoxy) is 1. The van der Waals surface area contributed by atoms with Gasteiger partial charge in [-0.15, -0.1) is 0 Å². The lowest BCUT2D eigenvalue weighted by Gasteiger charge is -2.28. The maximum atomic E-state index is 10.9. The average Bonchev–Trinajstić information content (AvgIpc) is 2.62. The van der Waals surface area contributed by atoms with Crippen molar-refractivity contribution in [3.05, 3.63) is 24.0 Å². The summed E-state index contributed by atoms with van der Waals surface area (Å²) in [6, 6.07) is 2.43. The van der Waals surface area contributed by atoms with Gasteiger partial charge in [-0.2, -0.15) is 0 Å². The lowest BCUT2D eigenvalue weighted by atomic mass is 9.88. The molecule has 1 fully saturated rings. The third-order valence-electron chi connectivity index (χ3n) is 4.06. The van der Waals surface area contributed by atoms with Crippen LogP contribution in [0.3, 0.4) is 0 Å². The average molecular weight is 264 g/mol. The largest absolute Gasteiger partial charge is 0.495 e. The van der Waals surface area contributed by atoms with Crippen LogP contribution in [-0.4, -0.2) is 41.2 Å². The van der Waals surface area contributed by atoms with Gasteiger partial charge in [0.05, 0.1) is 18.9 Å².